The third-order valence-corrected chi connectivity index (χ3v) is 4.28. The van der Waals surface area contributed by atoms with E-state index in [2.05, 4.69) is 58.0 Å². The molecule has 1 aliphatic rings. The van der Waals surface area contributed by atoms with Gasteiger partial charge in [0.05, 0.1) is 0 Å². The molecule has 0 bridgehead atoms. The molecule has 0 aromatic carbocycles. The first-order chi connectivity index (χ1) is 12.0. The van der Waals surface area contributed by atoms with Crippen LogP contribution in [0.4, 0.5) is 0 Å². The van der Waals surface area contributed by atoms with Crippen LogP contribution in [0.2, 0.25) is 0 Å². The summed E-state index contributed by atoms with van der Waals surface area (Å²) in [6, 6.07) is 0.462. The van der Waals surface area contributed by atoms with E-state index in [1.807, 2.05) is 0 Å². The highest BCUT2D eigenvalue weighted by Gasteiger charge is 2.19. The van der Waals surface area contributed by atoms with E-state index in [0.717, 1.165) is 44.3 Å². The van der Waals surface area contributed by atoms with Crippen molar-refractivity contribution in [3.63, 3.8) is 0 Å². The molecule has 140 valence electrons. The number of likely N-dealkylation sites (tertiary alicyclic amines) is 1. The van der Waals surface area contributed by atoms with Gasteiger partial charge in [-0.25, -0.2) is 0 Å². The SMILES string of the molecule is C=C(C)CN1CCC(NC(=NC)NCCc2nc(C(C)C)no2)CC1. The first-order valence-electron chi connectivity index (χ1n) is 9.14. The number of aromatic nitrogens is 2. The standard InChI is InChI=1S/C18H32N6O/c1-13(2)12-24-10-7-15(8-11-24)21-18(19-5)20-9-6-16-22-17(14(3)4)23-25-16/h14-15H,1,6-12H2,2-5H3,(H2,19,20,21). The van der Waals surface area contributed by atoms with E-state index in [0.29, 0.717) is 24.9 Å². The van der Waals surface area contributed by atoms with Crippen molar-refractivity contribution in [2.75, 3.05) is 33.2 Å². The van der Waals surface area contributed by atoms with Crippen LogP contribution < -0.4 is 10.6 Å². The lowest BCUT2D eigenvalue weighted by atomic mass is 10.0. The molecule has 1 saturated heterocycles. The van der Waals surface area contributed by atoms with Crippen LogP contribution in [0.5, 0.6) is 0 Å². The number of guanidine groups is 1. The van der Waals surface area contributed by atoms with Crippen molar-refractivity contribution in [1.29, 1.82) is 0 Å². The second-order valence-corrected chi connectivity index (χ2v) is 7.10. The maximum Gasteiger partial charge on any atom is 0.228 e. The molecule has 0 radical (unpaired) electrons. The Morgan fingerprint density at radius 3 is 2.68 bits per heavy atom. The highest BCUT2D eigenvalue weighted by Crippen LogP contribution is 2.12. The highest BCUT2D eigenvalue weighted by molar-refractivity contribution is 5.79. The molecule has 2 N–H and O–H groups in total. The third kappa shape index (κ3) is 6.49. The van der Waals surface area contributed by atoms with Gasteiger partial charge >= 0.3 is 0 Å². The van der Waals surface area contributed by atoms with Gasteiger partial charge in [-0.1, -0.05) is 31.2 Å². The van der Waals surface area contributed by atoms with Crippen molar-refractivity contribution < 1.29 is 4.52 Å². The fourth-order valence-electron chi connectivity index (χ4n) is 2.90. The minimum atomic E-state index is 0.288. The molecule has 1 fully saturated rings. The van der Waals surface area contributed by atoms with E-state index in [9.17, 15) is 0 Å². The summed E-state index contributed by atoms with van der Waals surface area (Å²) in [5, 5.41) is 10.8. The van der Waals surface area contributed by atoms with Gasteiger partial charge in [0, 0.05) is 51.6 Å². The lowest BCUT2D eigenvalue weighted by Crippen LogP contribution is -2.49. The molecule has 0 unspecified atom stereocenters. The van der Waals surface area contributed by atoms with Gasteiger partial charge in [-0.3, -0.25) is 9.89 Å². The van der Waals surface area contributed by atoms with E-state index < -0.39 is 0 Å². The minimum Gasteiger partial charge on any atom is -0.356 e. The molecule has 1 aromatic rings. The Hall–Kier alpha value is -1.89. The van der Waals surface area contributed by atoms with Crippen molar-refractivity contribution in [1.82, 2.24) is 25.7 Å². The van der Waals surface area contributed by atoms with Crippen LogP contribution in [-0.4, -0.2) is 60.3 Å². The first kappa shape index (κ1) is 19.4. The molecule has 2 heterocycles. The molecule has 1 aromatic heterocycles. The van der Waals surface area contributed by atoms with Gasteiger partial charge in [0.1, 0.15) is 0 Å². The molecular weight excluding hydrogens is 316 g/mol. The average Bonchev–Trinajstić information content (AvgIpc) is 3.04. The van der Waals surface area contributed by atoms with Crippen LogP contribution >= 0.6 is 0 Å². The molecule has 0 spiro atoms. The number of hydrogen-bond donors (Lipinski definition) is 2. The van der Waals surface area contributed by atoms with Gasteiger partial charge in [0.15, 0.2) is 11.8 Å². The molecule has 2 rings (SSSR count). The van der Waals surface area contributed by atoms with Crippen LogP contribution in [0.15, 0.2) is 21.7 Å². The zero-order valence-electron chi connectivity index (χ0n) is 16.0. The fourth-order valence-corrected chi connectivity index (χ4v) is 2.90. The maximum absolute atomic E-state index is 5.26. The quantitative estimate of drug-likeness (QED) is 0.445. The summed E-state index contributed by atoms with van der Waals surface area (Å²) in [5.41, 5.74) is 1.23. The Balaban J connectivity index is 1.69. The summed E-state index contributed by atoms with van der Waals surface area (Å²) in [5.74, 6) is 2.55. The fraction of sp³-hybridized carbons (Fsp3) is 0.722. The summed E-state index contributed by atoms with van der Waals surface area (Å²) >= 11 is 0. The molecule has 7 heteroatoms. The van der Waals surface area contributed by atoms with E-state index in [1.54, 1.807) is 7.05 Å². The molecule has 0 aliphatic carbocycles. The van der Waals surface area contributed by atoms with Crippen molar-refractivity contribution in [2.24, 2.45) is 4.99 Å². The Morgan fingerprint density at radius 1 is 1.40 bits per heavy atom. The molecule has 7 nitrogen and oxygen atoms in total. The maximum atomic E-state index is 5.26. The van der Waals surface area contributed by atoms with Gasteiger partial charge in [-0.2, -0.15) is 4.98 Å². The molecule has 0 atom stereocenters. The van der Waals surface area contributed by atoms with Crippen LogP contribution in [0, 0.1) is 0 Å². The van der Waals surface area contributed by atoms with Gasteiger partial charge in [-0.15, -0.1) is 0 Å². The van der Waals surface area contributed by atoms with Crippen LogP contribution in [-0.2, 0) is 6.42 Å². The summed E-state index contributed by atoms with van der Waals surface area (Å²) in [6.45, 7) is 14.1. The second-order valence-electron chi connectivity index (χ2n) is 7.10. The van der Waals surface area contributed by atoms with Gasteiger partial charge < -0.3 is 15.2 Å². The van der Waals surface area contributed by atoms with Crippen molar-refractivity contribution >= 4 is 5.96 Å². The topological polar surface area (TPSA) is 78.6 Å². The number of piperidine rings is 1. The van der Waals surface area contributed by atoms with Gasteiger partial charge in [0.2, 0.25) is 5.89 Å². The summed E-state index contributed by atoms with van der Waals surface area (Å²) in [4.78, 5) is 11.2. The van der Waals surface area contributed by atoms with E-state index in [-0.39, 0.29) is 5.92 Å². The van der Waals surface area contributed by atoms with Gasteiger partial charge in [-0.05, 0) is 19.8 Å². The van der Waals surface area contributed by atoms with Crippen LogP contribution in [0.3, 0.4) is 0 Å². The Kier molecular flexibility index (Phi) is 7.43. The molecule has 0 amide bonds. The van der Waals surface area contributed by atoms with Crippen molar-refractivity contribution in [3.05, 3.63) is 23.9 Å². The lowest BCUT2D eigenvalue weighted by molar-refractivity contribution is 0.221. The Labute approximate surface area is 151 Å². The van der Waals surface area contributed by atoms with Crippen molar-refractivity contribution in [3.8, 4) is 0 Å². The highest BCUT2D eigenvalue weighted by atomic mass is 16.5. The van der Waals surface area contributed by atoms with Crippen molar-refractivity contribution in [2.45, 2.75) is 52.0 Å². The van der Waals surface area contributed by atoms with Gasteiger partial charge in [0.25, 0.3) is 0 Å². The second kappa shape index (κ2) is 9.56. The van der Waals surface area contributed by atoms with Crippen LogP contribution in [0.25, 0.3) is 0 Å². The molecule has 1 aliphatic heterocycles. The number of nitrogens with one attached hydrogen (secondary N) is 2. The average molecular weight is 348 g/mol. The zero-order valence-corrected chi connectivity index (χ0v) is 16.0. The third-order valence-electron chi connectivity index (χ3n) is 4.28. The number of nitrogens with zero attached hydrogens (tertiary/aromatic N) is 4. The summed E-state index contributed by atoms with van der Waals surface area (Å²) in [6.07, 6.45) is 2.93. The predicted octanol–water partition coefficient (Wildman–Crippen LogP) is 1.94. The normalized spacial score (nSPS) is 17.1. The number of rotatable bonds is 7. The first-order valence-corrected chi connectivity index (χ1v) is 9.14. The summed E-state index contributed by atoms with van der Waals surface area (Å²) in [7, 11) is 1.80. The predicted molar refractivity (Wildman–Crippen MR) is 101 cm³/mol. The summed E-state index contributed by atoms with van der Waals surface area (Å²) < 4.78 is 5.26. The Bertz CT molecular complexity index is 572. The molecule has 0 saturated carbocycles. The molecular formula is C18H32N6O. The van der Waals surface area contributed by atoms with E-state index in [4.69, 9.17) is 4.52 Å². The van der Waals surface area contributed by atoms with E-state index >= 15 is 0 Å². The smallest absolute Gasteiger partial charge is 0.228 e. The lowest BCUT2D eigenvalue weighted by Gasteiger charge is -2.33. The number of aliphatic imine (C=N–C) groups is 1. The monoisotopic (exact) mass is 348 g/mol. The Morgan fingerprint density at radius 2 is 2.12 bits per heavy atom. The largest absolute Gasteiger partial charge is 0.356 e. The van der Waals surface area contributed by atoms with Crippen LogP contribution in [0.1, 0.15) is 51.2 Å². The number of hydrogen-bond acceptors (Lipinski definition) is 5. The molecule has 25 heavy (non-hydrogen) atoms. The van der Waals surface area contributed by atoms with E-state index in [1.165, 1.54) is 5.57 Å². The minimum absolute atomic E-state index is 0.288. The zero-order chi connectivity index (χ0) is 18.2.